The van der Waals surface area contributed by atoms with E-state index in [0.29, 0.717) is 31.4 Å². The SMILES string of the molecule is Cc1cc2nc(N(CCN3CCOCC3)C(=O)c3ccc(F)c(F)c3)sc2cc1C. The number of hydrogen-bond donors (Lipinski definition) is 0. The smallest absolute Gasteiger partial charge is 0.260 e. The molecule has 0 saturated carbocycles. The molecule has 4 rings (SSSR count). The summed E-state index contributed by atoms with van der Waals surface area (Å²) in [5.41, 5.74) is 3.21. The number of thiazole rings is 1. The highest BCUT2D eigenvalue weighted by molar-refractivity contribution is 7.22. The van der Waals surface area contributed by atoms with Gasteiger partial charge in [0.1, 0.15) is 0 Å². The number of carbonyl (C=O) groups is 1. The number of rotatable bonds is 5. The first-order chi connectivity index (χ1) is 14.4. The molecule has 1 saturated heterocycles. The van der Waals surface area contributed by atoms with E-state index >= 15 is 0 Å². The fourth-order valence-electron chi connectivity index (χ4n) is 3.42. The van der Waals surface area contributed by atoms with Crippen molar-refractivity contribution in [2.45, 2.75) is 13.8 Å². The van der Waals surface area contributed by atoms with Crippen LogP contribution in [0.2, 0.25) is 0 Å². The van der Waals surface area contributed by atoms with Crippen molar-refractivity contribution in [1.82, 2.24) is 9.88 Å². The fourth-order valence-corrected chi connectivity index (χ4v) is 4.49. The lowest BCUT2D eigenvalue weighted by Crippen LogP contribution is -2.43. The molecule has 0 atom stereocenters. The molecule has 1 aliphatic heterocycles. The molecule has 8 heteroatoms. The first-order valence-corrected chi connectivity index (χ1v) is 10.7. The Kier molecular flexibility index (Phi) is 6.08. The van der Waals surface area contributed by atoms with E-state index in [-0.39, 0.29) is 5.56 Å². The van der Waals surface area contributed by atoms with E-state index < -0.39 is 17.5 Å². The van der Waals surface area contributed by atoms with E-state index in [1.807, 2.05) is 19.9 Å². The van der Waals surface area contributed by atoms with Crippen LogP contribution < -0.4 is 4.90 Å². The van der Waals surface area contributed by atoms with Crippen molar-refractivity contribution in [1.29, 1.82) is 0 Å². The monoisotopic (exact) mass is 431 g/mol. The largest absolute Gasteiger partial charge is 0.379 e. The molecule has 0 radical (unpaired) electrons. The third kappa shape index (κ3) is 4.35. The van der Waals surface area contributed by atoms with Crippen LogP contribution in [0.5, 0.6) is 0 Å². The Morgan fingerprint density at radius 3 is 2.60 bits per heavy atom. The number of benzene rings is 2. The van der Waals surface area contributed by atoms with Gasteiger partial charge in [0.2, 0.25) is 0 Å². The Labute approximate surface area is 177 Å². The van der Waals surface area contributed by atoms with E-state index in [0.717, 1.165) is 46.6 Å². The Hall–Kier alpha value is -2.42. The van der Waals surface area contributed by atoms with Gasteiger partial charge in [-0.3, -0.25) is 14.6 Å². The van der Waals surface area contributed by atoms with Gasteiger partial charge < -0.3 is 4.74 Å². The minimum Gasteiger partial charge on any atom is -0.379 e. The number of morpholine rings is 1. The molecule has 3 aromatic rings. The molecule has 0 spiro atoms. The van der Waals surface area contributed by atoms with Crippen molar-refractivity contribution in [3.8, 4) is 0 Å². The summed E-state index contributed by atoms with van der Waals surface area (Å²) in [6.45, 7) is 8.03. The van der Waals surface area contributed by atoms with Crippen LogP contribution in [-0.4, -0.2) is 55.2 Å². The van der Waals surface area contributed by atoms with Gasteiger partial charge in [-0.25, -0.2) is 13.8 Å². The van der Waals surface area contributed by atoms with Gasteiger partial charge in [-0.05, 0) is 55.3 Å². The zero-order valence-electron chi connectivity index (χ0n) is 17.0. The standard InChI is InChI=1S/C22H23F2N3O2S/c1-14-11-19-20(12-15(14)2)30-22(25-19)27(6-5-26-7-9-29-10-8-26)21(28)16-3-4-17(23)18(24)13-16/h3-4,11-13H,5-10H2,1-2H3. The van der Waals surface area contributed by atoms with Crippen LogP contribution in [0.15, 0.2) is 30.3 Å². The summed E-state index contributed by atoms with van der Waals surface area (Å²) in [6.07, 6.45) is 0. The second-order valence-electron chi connectivity index (χ2n) is 7.44. The summed E-state index contributed by atoms with van der Waals surface area (Å²) in [4.78, 5) is 21.7. The molecule has 0 aliphatic carbocycles. The number of nitrogens with zero attached hydrogens (tertiary/aromatic N) is 3. The number of anilines is 1. The van der Waals surface area contributed by atoms with Crippen LogP contribution in [-0.2, 0) is 4.74 Å². The number of amides is 1. The highest BCUT2D eigenvalue weighted by Crippen LogP contribution is 2.31. The summed E-state index contributed by atoms with van der Waals surface area (Å²) in [7, 11) is 0. The van der Waals surface area contributed by atoms with Crippen LogP contribution in [0, 0.1) is 25.5 Å². The van der Waals surface area contributed by atoms with E-state index in [4.69, 9.17) is 4.74 Å². The lowest BCUT2D eigenvalue weighted by molar-refractivity contribution is 0.0391. The molecule has 1 fully saturated rings. The lowest BCUT2D eigenvalue weighted by Gasteiger charge is -2.29. The second-order valence-corrected chi connectivity index (χ2v) is 8.45. The zero-order valence-corrected chi connectivity index (χ0v) is 17.8. The minimum absolute atomic E-state index is 0.0995. The van der Waals surface area contributed by atoms with E-state index in [1.54, 1.807) is 4.90 Å². The van der Waals surface area contributed by atoms with Crippen molar-refractivity contribution in [3.05, 3.63) is 58.7 Å². The Balaban J connectivity index is 1.67. The number of ether oxygens (including phenoxy) is 1. The van der Waals surface area contributed by atoms with Crippen molar-refractivity contribution in [2.24, 2.45) is 0 Å². The molecule has 1 amide bonds. The Bertz CT molecular complexity index is 1040. The van der Waals surface area contributed by atoms with Crippen molar-refractivity contribution >= 4 is 32.6 Å². The fraction of sp³-hybridized carbons (Fsp3) is 0.364. The number of carbonyl (C=O) groups excluding carboxylic acids is 1. The van der Waals surface area contributed by atoms with Crippen LogP contribution in [0.25, 0.3) is 10.2 Å². The second kappa shape index (κ2) is 8.75. The summed E-state index contributed by atoms with van der Waals surface area (Å²) in [6, 6.07) is 7.31. The molecule has 1 aliphatic rings. The number of fused-ring (bicyclic) bond motifs is 1. The molecule has 2 heterocycles. The Morgan fingerprint density at radius 2 is 1.87 bits per heavy atom. The van der Waals surface area contributed by atoms with Crippen LogP contribution >= 0.6 is 11.3 Å². The van der Waals surface area contributed by atoms with E-state index in [9.17, 15) is 13.6 Å². The van der Waals surface area contributed by atoms with Gasteiger partial charge in [-0.2, -0.15) is 0 Å². The van der Waals surface area contributed by atoms with Gasteiger partial charge in [-0.15, -0.1) is 0 Å². The molecular formula is C22H23F2N3O2S. The molecule has 2 aromatic carbocycles. The summed E-state index contributed by atoms with van der Waals surface area (Å²) >= 11 is 1.43. The third-order valence-electron chi connectivity index (χ3n) is 5.38. The third-order valence-corrected chi connectivity index (χ3v) is 6.42. The molecule has 1 aromatic heterocycles. The summed E-state index contributed by atoms with van der Waals surface area (Å²) in [5, 5.41) is 0.554. The van der Waals surface area contributed by atoms with Crippen molar-refractivity contribution in [2.75, 3.05) is 44.3 Å². The normalized spacial score (nSPS) is 14.9. The van der Waals surface area contributed by atoms with E-state index in [1.165, 1.54) is 17.4 Å². The van der Waals surface area contributed by atoms with Crippen LogP contribution in [0.4, 0.5) is 13.9 Å². The average Bonchev–Trinajstić information content (AvgIpc) is 3.13. The molecule has 158 valence electrons. The zero-order chi connectivity index (χ0) is 21.3. The van der Waals surface area contributed by atoms with Gasteiger partial charge in [-0.1, -0.05) is 11.3 Å². The van der Waals surface area contributed by atoms with Gasteiger partial charge in [0.05, 0.1) is 23.4 Å². The Morgan fingerprint density at radius 1 is 1.13 bits per heavy atom. The number of halogens is 2. The molecule has 30 heavy (non-hydrogen) atoms. The predicted molar refractivity (Wildman–Crippen MR) is 114 cm³/mol. The van der Waals surface area contributed by atoms with Crippen molar-refractivity contribution < 1.29 is 18.3 Å². The summed E-state index contributed by atoms with van der Waals surface area (Å²) < 4.78 is 33.5. The first-order valence-electron chi connectivity index (χ1n) is 9.87. The number of aromatic nitrogens is 1. The number of hydrogen-bond acceptors (Lipinski definition) is 5. The maximum Gasteiger partial charge on any atom is 0.260 e. The highest BCUT2D eigenvalue weighted by Gasteiger charge is 2.24. The van der Waals surface area contributed by atoms with Gasteiger partial charge in [0.15, 0.2) is 16.8 Å². The maximum atomic E-state index is 13.8. The van der Waals surface area contributed by atoms with Gasteiger partial charge in [0, 0.05) is 31.7 Å². The lowest BCUT2D eigenvalue weighted by atomic mass is 10.1. The molecule has 5 nitrogen and oxygen atoms in total. The van der Waals surface area contributed by atoms with Crippen molar-refractivity contribution in [3.63, 3.8) is 0 Å². The van der Waals surface area contributed by atoms with Gasteiger partial charge in [0.25, 0.3) is 5.91 Å². The summed E-state index contributed by atoms with van der Waals surface area (Å²) in [5.74, 6) is -2.41. The first kappa shape index (κ1) is 20.8. The van der Waals surface area contributed by atoms with Crippen LogP contribution in [0.1, 0.15) is 21.5 Å². The van der Waals surface area contributed by atoms with E-state index in [2.05, 4.69) is 16.0 Å². The van der Waals surface area contributed by atoms with Gasteiger partial charge >= 0.3 is 0 Å². The minimum atomic E-state index is -1.04. The highest BCUT2D eigenvalue weighted by atomic mass is 32.1. The van der Waals surface area contributed by atoms with Crippen LogP contribution in [0.3, 0.4) is 0 Å². The number of aryl methyl sites for hydroxylation is 2. The molecule has 0 unspecified atom stereocenters. The quantitative estimate of drug-likeness (QED) is 0.608. The molecule has 0 N–H and O–H groups in total. The average molecular weight is 432 g/mol. The maximum absolute atomic E-state index is 13.8. The predicted octanol–water partition coefficient (Wildman–Crippen LogP) is 4.17. The molecular weight excluding hydrogens is 408 g/mol. The topological polar surface area (TPSA) is 45.7 Å². The molecule has 0 bridgehead atoms.